The van der Waals surface area contributed by atoms with Crippen LogP contribution in [-0.4, -0.2) is 54.7 Å². The summed E-state index contributed by atoms with van der Waals surface area (Å²) in [4.78, 5) is 8.06. The molecule has 1 heterocycles. The number of aliphatic hydroxyl groups is 1. The van der Waals surface area contributed by atoms with E-state index >= 15 is 0 Å². The third-order valence-corrected chi connectivity index (χ3v) is 5.92. The lowest BCUT2D eigenvalue weighted by Crippen LogP contribution is -2.42. The number of rotatable bonds is 9. The Morgan fingerprint density at radius 2 is 2.12 bits per heavy atom. The van der Waals surface area contributed by atoms with Crippen LogP contribution < -0.4 is 10.6 Å². The molecule has 1 saturated carbocycles. The standard InChI is InChI=1S/C20H30N4OS/c1-3-21-20(22-11-12-24(4-2)16-9-10-16)23-14-17(25)19-13-15-7-5-6-8-18(15)26-19/h5-8,13,16-17,25H,3-4,9-12,14H2,1-2H3,(H2,21,22,23). The average Bonchev–Trinajstić information content (AvgIpc) is 3.40. The zero-order chi connectivity index (χ0) is 18.4. The lowest BCUT2D eigenvalue weighted by molar-refractivity contribution is 0.191. The highest BCUT2D eigenvalue weighted by molar-refractivity contribution is 7.19. The number of aliphatic hydroxyl groups excluding tert-OH is 1. The van der Waals surface area contributed by atoms with Crippen LogP contribution in [0.25, 0.3) is 10.1 Å². The van der Waals surface area contributed by atoms with E-state index in [4.69, 9.17) is 0 Å². The Balaban J connectivity index is 1.53. The van der Waals surface area contributed by atoms with Crippen LogP contribution in [0.1, 0.15) is 37.7 Å². The summed E-state index contributed by atoms with van der Waals surface area (Å²) in [7, 11) is 0. The number of aliphatic imine (C=N–C) groups is 1. The van der Waals surface area contributed by atoms with Gasteiger partial charge in [-0.05, 0) is 43.8 Å². The summed E-state index contributed by atoms with van der Waals surface area (Å²) in [5, 5.41) is 18.3. The minimum absolute atomic E-state index is 0.363. The molecular weight excluding hydrogens is 344 g/mol. The summed E-state index contributed by atoms with van der Waals surface area (Å²) in [6.07, 6.45) is 2.11. The number of thiophene rings is 1. The molecule has 0 spiro atoms. The summed E-state index contributed by atoms with van der Waals surface area (Å²) < 4.78 is 1.20. The highest BCUT2D eigenvalue weighted by atomic mass is 32.1. The van der Waals surface area contributed by atoms with Gasteiger partial charge in [-0.1, -0.05) is 25.1 Å². The van der Waals surface area contributed by atoms with Crippen molar-refractivity contribution >= 4 is 27.4 Å². The van der Waals surface area contributed by atoms with Crippen molar-refractivity contribution in [3.8, 4) is 0 Å². The van der Waals surface area contributed by atoms with E-state index in [1.165, 1.54) is 22.9 Å². The molecule has 3 rings (SSSR count). The van der Waals surface area contributed by atoms with Crippen molar-refractivity contribution in [1.29, 1.82) is 0 Å². The Morgan fingerprint density at radius 3 is 2.81 bits per heavy atom. The second-order valence-electron chi connectivity index (χ2n) is 6.71. The Bertz CT molecular complexity index is 692. The molecule has 1 atom stereocenters. The van der Waals surface area contributed by atoms with E-state index in [9.17, 15) is 5.11 Å². The molecule has 0 aliphatic heterocycles. The van der Waals surface area contributed by atoms with E-state index in [0.29, 0.717) is 6.54 Å². The molecule has 142 valence electrons. The number of fused-ring (bicyclic) bond motifs is 1. The molecule has 1 unspecified atom stereocenters. The van der Waals surface area contributed by atoms with Crippen LogP contribution >= 0.6 is 11.3 Å². The predicted molar refractivity (Wildman–Crippen MR) is 111 cm³/mol. The van der Waals surface area contributed by atoms with Crippen molar-refractivity contribution in [2.45, 2.75) is 38.8 Å². The molecule has 1 fully saturated rings. The molecule has 0 bridgehead atoms. The van der Waals surface area contributed by atoms with Gasteiger partial charge >= 0.3 is 0 Å². The fourth-order valence-electron chi connectivity index (χ4n) is 3.13. The Kier molecular flexibility index (Phi) is 6.88. The van der Waals surface area contributed by atoms with Crippen LogP contribution in [0.2, 0.25) is 0 Å². The van der Waals surface area contributed by atoms with Gasteiger partial charge in [0.1, 0.15) is 6.10 Å². The number of nitrogens with zero attached hydrogens (tertiary/aromatic N) is 2. The first-order valence-corrected chi connectivity index (χ1v) is 10.5. The number of nitrogens with one attached hydrogen (secondary N) is 2. The molecule has 1 aliphatic rings. The number of hydrogen-bond acceptors (Lipinski definition) is 4. The fraction of sp³-hybridized carbons (Fsp3) is 0.550. The third-order valence-electron chi connectivity index (χ3n) is 4.70. The first kappa shape index (κ1) is 19.1. The van der Waals surface area contributed by atoms with Gasteiger partial charge in [-0.2, -0.15) is 0 Å². The highest BCUT2D eigenvalue weighted by Crippen LogP contribution is 2.29. The molecule has 26 heavy (non-hydrogen) atoms. The minimum atomic E-state index is -0.568. The summed E-state index contributed by atoms with van der Waals surface area (Å²) in [5.41, 5.74) is 0. The Morgan fingerprint density at radius 1 is 1.31 bits per heavy atom. The normalized spacial score (nSPS) is 16.2. The molecule has 0 amide bonds. The van der Waals surface area contributed by atoms with Gasteiger partial charge in [-0.3, -0.25) is 9.89 Å². The van der Waals surface area contributed by atoms with Crippen molar-refractivity contribution in [3.63, 3.8) is 0 Å². The molecule has 5 nitrogen and oxygen atoms in total. The van der Waals surface area contributed by atoms with Crippen molar-refractivity contribution in [3.05, 3.63) is 35.2 Å². The molecule has 1 aromatic heterocycles. The summed E-state index contributed by atoms with van der Waals surface area (Å²) in [5.74, 6) is 0.777. The average molecular weight is 375 g/mol. The second kappa shape index (κ2) is 9.35. The van der Waals surface area contributed by atoms with Crippen molar-refractivity contribution in [2.24, 2.45) is 4.99 Å². The molecule has 6 heteroatoms. The monoisotopic (exact) mass is 374 g/mol. The maximum absolute atomic E-state index is 10.5. The van der Waals surface area contributed by atoms with Gasteiger partial charge in [0.05, 0.1) is 6.54 Å². The highest BCUT2D eigenvalue weighted by Gasteiger charge is 2.27. The van der Waals surface area contributed by atoms with Gasteiger partial charge in [0.15, 0.2) is 5.96 Å². The topological polar surface area (TPSA) is 59.9 Å². The van der Waals surface area contributed by atoms with Crippen LogP contribution in [0.3, 0.4) is 0 Å². The summed E-state index contributed by atoms with van der Waals surface area (Å²) in [6.45, 7) is 8.46. The van der Waals surface area contributed by atoms with Gasteiger partial charge < -0.3 is 15.7 Å². The Labute approximate surface area is 160 Å². The quantitative estimate of drug-likeness (QED) is 0.466. The SMILES string of the molecule is CCNC(=NCC(O)c1cc2ccccc2s1)NCCN(CC)C1CC1. The van der Waals surface area contributed by atoms with E-state index in [1.807, 2.05) is 12.1 Å². The van der Waals surface area contributed by atoms with Gasteiger partial charge in [-0.25, -0.2) is 0 Å². The van der Waals surface area contributed by atoms with Crippen molar-refractivity contribution < 1.29 is 5.11 Å². The Hall–Kier alpha value is -1.63. The van der Waals surface area contributed by atoms with Crippen LogP contribution in [0.15, 0.2) is 35.3 Å². The largest absolute Gasteiger partial charge is 0.386 e. The van der Waals surface area contributed by atoms with E-state index < -0.39 is 6.10 Å². The number of hydrogen-bond donors (Lipinski definition) is 3. The molecule has 0 radical (unpaired) electrons. The maximum atomic E-state index is 10.5. The first-order chi connectivity index (χ1) is 12.7. The van der Waals surface area contributed by atoms with Crippen molar-refractivity contribution in [1.82, 2.24) is 15.5 Å². The summed E-state index contributed by atoms with van der Waals surface area (Å²) >= 11 is 1.64. The van der Waals surface area contributed by atoms with Gasteiger partial charge in [0.2, 0.25) is 0 Å². The zero-order valence-electron chi connectivity index (χ0n) is 15.7. The number of benzene rings is 1. The van der Waals surface area contributed by atoms with Crippen LogP contribution in [0, 0.1) is 0 Å². The maximum Gasteiger partial charge on any atom is 0.191 e. The fourth-order valence-corrected chi connectivity index (χ4v) is 4.17. The zero-order valence-corrected chi connectivity index (χ0v) is 16.6. The number of guanidine groups is 1. The lowest BCUT2D eigenvalue weighted by atomic mass is 10.2. The minimum Gasteiger partial charge on any atom is -0.386 e. The van der Waals surface area contributed by atoms with Crippen LogP contribution in [-0.2, 0) is 0 Å². The third kappa shape index (κ3) is 5.19. The van der Waals surface area contributed by atoms with E-state index in [-0.39, 0.29) is 0 Å². The lowest BCUT2D eigenvalue weighted by Gasteiger charge is -2.20. The van der Waals surface area contributed by atoms with Crippen LogP contribution in [0.4, 0.5) is 0 Å². The number of likely N-dealkylation sites (N-methyl/N-ethyl adjacent to an activating group) is 1. The van der Waals surface area contributed by atoms with Gasteiger partial charge in [-0.15, -0.1) is 11.3 Å². The van der Waals surface area contributed by atoms with Gasteiger partial charge in [0, 0.05) is 35.3 Å². The molecule has 0 saturated heterocycles. The molecule has 1 aliphatic carbocycles. The molecule has 1 aromatic carbocycles. The second-order valence-corrected chi connectivity index (χ2v) is 7.82. The van der Waals surface area contributed by atoms with Gasteiger partial charge in [0.25, 0.3) is 0 Å². The first-order valence-electron chi connectivity index (χ1n) is 9.64. The predicted octanol–water partition coefficient (Wildman–Crippen LogP) is 2.97. The molecule has 2 aromatic rings. The molecule has 3 N–H and O–H groups in total. The van der Waals surface area contributed by atoms with E-state index in [2.05, 4.69) is 52.6 Å². The molecular formula is C20H30N4OS. The van der Waals surface area contributed by atoms with E-state index in [1.54, 1.807) is 11.3 Å². The van der Waals surface area contributed by atoms with E-state index in [0.717, 1.165) is 43.1 Å². The summed E-state index contributed by atoms with van der Waals surface area (Å²) in [6, 6.07) is 11.1. The smallest absolute Gasteiger partial charge is 0.191 e. The van der Waals surface area contributed by atoms with Crippen LogP contribution in [0.5, 0.6) is 0 Å². The van der Waals surface area contributed by atoms with Crippen molar-refractivity contribution in [2.75, 3.05) is 32.7 Å².